The van der Waals surface area contributed by atoms with Crippen molar-refractivity contribution in [1.82, 2.24) is 19.6 Å². The number of benzene rings is 2. The van der Waals surface area contributed by atoms with Crippen LogP contribution in [0.1, 0.15) is 58.4 Å². The fourth-order valence-electron chi connectivity index (χ4n) is 3.75. The summed E-state index contributed by atoms with van der Waals surface area (Å²) in [4.78, 5) is 33.4. The van der Waals surface area contributed by atoms with Gasteiger partial charge in [-0.2, -0.15) is 9.61 Å². The number of esters is 1. The summed E-state index contributed by atoms with van der Waals surface area (Å²) in [5.74, 6) is -0.618. The molecule has 0 aliphatic rings. The minimum absolute atomic E-state index is 0.133. The van der Waals surface area contributed by atoms with Crippen LogP contribution in [0, 0.1) is 6.92 Å². The molecular weight excluding hydrogens is 458 g/mol. The van der Waals surface area contributed by atoms with Gasteiger partial charge in [0.15, 0.2) is 5.82 Å². The summed E-state index contributed by atoms with van der Waals surface area (Å²) in [7, 11) is 1.34. The van der Waals surface area contributed by atoms with E-state index in [2.05, 4.69) is 10.3 Å². The number of nitrogens with one attached hydrogen (secondary N) is 1. The summed E-state index contributed by atoms with van der Waals surface area (Å²) >= 11 is 0. The summed E-state index contributed by atoms with van der Waals surface area (Å²) in [6, 6.07) is 13.8. The fourth-order valence-corrected chi connectivity index (χ4v) is 3.75. The normalized spacial score (nSPS) is 11.7. The van der Waals surface area contributed by atoms with Crippen LogP contribution in [-0.2, 0) is 4.74 Å². The number of ether oxygens (including phenoxy) is 1. The molecule has 0 radical (unpaired) electrons. The molecule has 0 bridgehead atoms. The summed E-state index contributed by atoms with van der Waals surface area (Å²) in [6.07, 6.45) is 3.54. The van der Waals surface area contributed by atoms with Gasteiger partial charge in [-0.25, -0.2) is 19.6 Å². The Hall–Kier alpha value is -4.53. The Labute approximate surface area is 208 Å². The maximum atomic E-state index is 12.1. The van der Waals surface area contributed by atoms with Crippen molar-refractivity contribution < 1.29 is 19.4 Å². The molecule has 9 heteroatoms. The molecule has 2 heterocycles. The first-order chi connectivity index (χ1) is 17.1. The average molecular weight is 486 g/mol. The van der Waals surface area contributed by atoms with Gasteiger partial charge in [-0.1, -0.05) is 42.5 Å². The summed E-state index contributed by atoms with van der Waals surface area (Å²) in [6.45, 7) is 7.81. The Morgan fingerprint density at radius 2 is 1.67 bits per heavy atom. The molecule has 0 fully saturated rings. The smallest absolute Gasteiger partial charge is 0.338 e. The topological polar surface area (TPSA) is 119 Å². The Bertz CT molecular complexity index is 1500. The Morgan fingerprint density at radius 3 is 2.33 bits per heavy atom. The van der Waals surface area contributed by atoms with Crippen LogP contribution in [0.15, 0.2) is 48.5 Å². The van der Waals surface area contributed by atoms with E-state index < -0.39 is 11.9 Å². The highest BCUT2D eigenvalue weighted by molar-refractivity contribution is 5.97. The van der Waals surface area contributed by atoms with E-state index in [9.17, 15) is 14.7 Å². The van der Waals surface area contributed by atoms with Crippen LogP contribution in [-0.4, -0.2) is 49.3 Å². The number of aromatic nitrogens is 4. The predicted molar refractivity (Wildman–Crippen MR) is 138 cm³/mol. The first kappa shape index (κ1) is 24.6. The first-order valence-corrected chi connectivity index (χ1v) is 11.3. The minimum atomic E-state index is -1.05. The highest BCUT2D eigenvalue weighted by Crippen LogP contribution is 2.32. The van der Waals surface area contributed by atoms with Gasteiger partial charge in [0.1, 0.15) is 5.69 Å². The molecular formula is C27H27N5O4. The second kappa shape index (κ2) is 9.61. The highest BCUT2D eigenvalue weighted by Gasteiger charge is 2.24. The van der Waals surface area contributed by atoms with Crippen LogP contribution in [0.3, 0.4) is 0 Å². The molecule has 0 saturated carbocycles. The number of rotatable bonds is 6. The Morgan fingerprint density at radius 1 is 1.00 bits per heavy atom. The van der Waals surface area contributed by atoms with E-state index in [4.69, 9.17) is 14.8 Å². The number of carboxylic acids is 1. The minimum Gasteiger partial charge on any atom is -0.478 e. The molecule has 9 nitrogen and oxygen atoms in total. The van der Waals surface area contributed by atoms with Crippen molar-refractivity contribution in [2.45, 2.75) is 33.2 Å². The lowest BCUT2D eigenvalue weighted by molar-refractivity contribution is 0.0599. The van der Waals surface area contributed by atoms with Crippen LogP contribution in [0.25, 0.3) is 29.2 Å². The fraction of sp³-hybridized carbons (Fsp3) is 0.222. The summed E-state index contributed by atoms with van der Waals surface area (Å²) < 4.78 is 6.46. The second-order valence-corrected chi connectivity index (χ2v) is 9.24. The molecule has 0 atom stereocenters. The lowest BCUT2D eigenvalue weighted by Gasteiger charge is -2.22. The van der Waals surface area contributed by atoms with E-state index >= 15 is 0 Å². The van der Waals surface area contributed by atoms with Gasteiger partial charge < -0.3 is 15.2 Å². The van der Waals surface area contributed by atoms with E-state index in [1.165, 1.54) is 7.11 Å². The van der Waals surface area contributed by atoms with Gasteiger partial charge in [0.2, 0.25) is 0 Å². The average Bonchev–Trinajstić information content (AvgIpc) is 3.17. The molecule has 0 aliphatic carbocycles. The standard InChI is InChI=1S/C27H27N5O4/c1-16-21(15-14-17-10-6-7-11-18(17)25(35)36-5)28-26-29-22(19-12-8-9-13-20(19)24(33)34)23(32(26)31-16)30-27(2,3)4/h6-15,30H,1-5H3,(H,33,34). The van der Waals surface area contributed by atoms with Gasteiger partial charge in [0, 0.05) is 11.1 Å². The quantitative estimate of drug-likeness (QED) is 0.368. The molecule has 2 aromatic heterocycles. The van der Waals surface area contributed by atoms with Crippen molar-refractivity contribution in [1.29, 1.82) is 0 Å². The lowest BCUT2D eigenvalue weighted by atomic mass is 10.0. The number of carbonyl (C=O) groups excluding carboxylic acids is 1. The molecule has 2 aromatic carbocycles. The number of hydrogen-bond acceptors (Lipinski definition) is 7. The van der Waals surface area contributed by atoms with Crippen LogP contribution in [0.4, 0.5) is 5.82 Å². The van der Waals surface area contributed by atoms with Crippen molar-refractivity contribution in [3.63, 3.8) is 0 Å². The molecule has 36 heavy (non-hydrogen) atoms. The van der Waals surface area contributed by atoms with Gasteiger partial charge in [0.25, 0.3) is 5.78 Å². The van der Waals surface area contributed by atoms with E-state index in [0.29, 0.717) is 45.4 Å². The Kier molecular flexibility index (Phi) is 6.57. The van der Waals surface area contributed by atoms with E-state index in [1.807, 2.05) is 39.8 Å². The van der Waals surface area contributed by atoms with E-state index in [1.54, 1.807) is 53.1 Å². The van der Waals surface area contributed by atoms with Gasteiger partial charge in [-0.3, -0.25) is 0 Å². The van der Waals surface area contributed by atoms with Gasteiger partial charge in [-0.15, -0.1) is 0 Å². The number of methoxy groups -OCH3 is 1. The number of carboxylic acid groups (broad SMARTS) is 1. The molecule has 4 rings (SSSR count). The Balaban J connectivity index is 1.87. The van der Waals surface area contributed by atoms with Crippen LogP contribution < -0.4 is 5.32 Å². The number of fused-ring (bicyclic) bond motifs is 1. The maximum Gasteiger partial charge on any atom is 0.338 e. The number of imidazole rings is 1. The molecule has 0 spiro atoms. The maximum absolute atomic E-state index is 12.1. The van der Waals surface area contributed by atoms with Crippen molar-refractivity contribution in [2.24, 2.45) is 0 Å². The van der Waals surface area contributed by atoms with Gasteiger partial charge >= 0.3 is 11.9 Å². The predicted octanol–water partition coefficient (Wildman–Crippen LogP) is 4.97. The first-order valence-electron chi connectivity index (χ1n) is 11.3. The van der Waals surface area contributed by atoms with Crippen molar-refractivity contribution >= 4 is 35.7 Å². The number of nitrogens with zero attached hydrogens (tertiary/aromatic N) is 4. The van der Waals surface area contributed by atoms with Gasteiger partial charge in [0.05, 0.1) is 29.6 Å². The largest absolute Gasteiger partial charge is 0.478 e. The molecule has 0 amide bonds. The number of carbonyl (C=O) groups is 2. The van der Waals surface area contributed by atoms with Crippen molar-refractivity contribution in [2.75, 3.05) is 12.4 Å². The van der Waals surface area contributed by atoms with E-state index in [0.717, 1.165) is 0 Å². The zero-order valence-corrected chi connectivity index (χ0v) is 20.7. The zero-order valence-electron chi connectivity index (χ0n) is 20.7. The van der Waals surface area contributed by atoms with Gasteiger partial charge in [-0.05, 0) is 51.5 Å². The number of anilines is 1. The molecule has 4 aromatic rings. The monoisotopic (exact) mass is 485 g/mol. The SMILES string of the molecule is COC(=O)c1ccccc1C=Cc1nc2nc(-c3ccccc3C(=O)O)c(NC(C)(C)C)n2nc1C. The summed E-state index contributed by atoms with van der Waals surface area (Å²) in [5, 5.41) is 17.9. The highest BCUT2D eigenvalue weighted by atomic mass is 16.5. The third-order valence-electron chi connectivity index (χ3n) is 5.37. The molecule has 184 valence electrons. The molecule has 0 saturated heterocycles. The van der Waals surface area contributed by atoms with E-state index in [-0.39, 0.29) is 11.1 Å². The third kappa shape index (κ3) is 4.95. The van der Waals surface area contributed by atoms with Crippen molar-refractivity contribution in [3.8, 4) is 11.3 Å². The summed E-state index contributed by atoms with van der Waals surface area (Å²) in [5.41, 5.74) is 3.00. The third-order valence-corrected chi connectivity index (χ3v) is 5.37. The lowest BCUT2D eigenvalue weighted by Crippen LogP contribution is -2.27. The number of aryl methyl sites for hydroxylation is 1. The zero-order chi connectivity index (χ0) is 26.0. The van der Waals surface area contributed by atoms with Crippen molar-refractivity contribution in [3.05, 3.63) is 76.6 Å². The van der Waals surface area contributed by atoms with Crippen LogP contribution in [0.5, 0.6) is 0 Å². The second-order valence-electron chi connectivity index (χ2n) is 9.24. The molecule has 2 N–H and O–H groups in total. The molecule has 0 unspecified atom stereocenters. The number of hydrogen-bond donors (Lipinski definition) is 2. The van der Waals surface area contributed by atoms with Crippen LogP contribution in [0.2, 0.25) is 0 Å². The van der Waals surface area contributed by atoms with Crippen LogP contribution >= 0.6 is 0 Å². The molecule has 0 aliphatic heterocycles. The number of aromatic carboxylic acids is 1.